The molecule has 2 rings (SSSR count). The fourth-order valence-corrected chi connectivity index (χ4v) is 4.50. The molecule has 0 saturated carbocycles. The summed E-state index contributed by atoms with van der Waals surface area (Å²) < 4.78 is 27.2. The Bertz CT molecular complexity index is 695. The lowest BCUT2D eigenvalue weighted by molar-refractivity contribution is 0.594. The van der Waals surface area contributed by atoms with Crippen LogP contribution in [-0.4, -0.2) is 19.8 Å². The van der Waals surface area contributed by atoms with E-state index >= 15 is 0 Å². The lowest BCUT2D eigenvalue weighted by Crippen LogP contribution is -2.28. The van der Waals surface area contributed by atoms with Crippen molar-refractivity contribution in [2.45, 2.75) is 17.2 Å². The first-order valence-electron chi connectivity index (χ1n) is 6.26. The predicted molar refractivity (Wildman–Crippen MR) is 90.4 cm³/mol. The number of thiophene rings is 1. The summed E-state index contributed by atoms with van der Waals surface area (Å²) >= 11 is 2.46. The average Bonchev–Trinajstić information content (AvgIpc) is 3.02. The number of hydrogen-bond acceptors (Lipinski definition) is 5. The second-order valence-electron chi connectivity index (χ2n) is 4.26. The third kappa shape index (κ3) is 4.33. The number of rotatable bonds is 4. The molecule has 0 bridgehead atoms. The molecule has 1 aromatic carbocycles. The van der Waals surface area contributed by atoms with E-state index in [2.05, 4.69) is 9.71 Å². The monoisotopic (exact) mass is 340 g/mol. The Labute approximate surface area is 133 Å². The van der Waals surface area contributed by atoms with E-state index in [1.54, 1.807) is 23.8 Å². The van der Waals surface area contributed by atoms with Crippen molar-refractivity contribution >= 4 is 38.3 Å². The summed E-state index contributed by atoms with van der Waals surface area (Å²) in [7, 11) is -3.54. The van der Waals surface area contributed by atoms with Crippen LogP contribution in [0.15, 0.2) is 57.0 Å². The van der Waals surface area contributed by atoms with E-state index in [1.807, 2.05) is 37.3 Å². The zero-order valence-corrected chi connectivity index (χ0v) is 14.1. The van der Waals surface area contributed by atoms with Crippen molar-refractivity contribution in [3.8, 4) is 0 Å². The molecule has 0 spiro atoms. The molecule has 0 aliphatic rings. The van der Waals surface area contributed by atoms with Crippen LogP contribution in [-0.2, 0) is 10.0 Å². The minimum absolute atomic E-state index is 0.111. The first-order chi connectivity index (χ1) is 10.0. The highest BCUT2D eigenvalue weighted by Crippen LogP contribution is 2.19. The molecule has 0 saturated heterocycles. The number of thioether (sulfide) groups is 1. The Balaban J connectivity index is 2.18. The number of sulfonamides is 1. The zero-order valence-electron chi connectivity index (χ0n) is 11.7. The van der Waals surface area contributed by atoms with E-state index < -0.39 is 10.0 Å². The van der Waals surface area contributed by atoms with Gasteiger partial charge in [-0.15, -0.1) is 11.3 Å². The number of nitrogens with one attached hydrogen (secondary N) is 1. The molecular weight excluding hydrogens is 324 g/mol. The molecule has 1 atom stereocenters. The number of nitrogens with zero attached hydrogens (tertiary/aromatic N) is 1. The van der Waals surface area contributed by atoms with Crippen molar-refractivity contribution in [3.05, 3.63) is 53.4 Å². The second kappa shape index (κ2) is 7.11. The first-order valence-corrected chi connectivity index (χ1v) is 9.85. The SMILES string of the molecule is CSC(=N[C@H](C)c1ccccc1)NS(=O)(=O)c1cccs1. The number of aliphatic imine (C=N–C) groups is 1. The van der Waals surface area contributed by atoms with Gasteiger partial charge in [-0.25, -0.2) is 8.42 Å². The highest BCUT2D eigenvalue weighted by Gasteiger charge is 2.17. The molecule has 1 N–H and O–H groups in total. The number of hydrogen-bond donors (Lipinski definition) is 1. The minimum Gasteiger partial charge on any atom is -0.257 e. The third-order valence-electron chi connectivity index (χ3n) is 2.77. The van der Waals surface area contributed by atoms with Crippen molar-refractivity contribution < 1.29 is 8.42 Å². The summed E-state index contributed by atoms with van der Waals surface area (Å²) in [6.45, 7) is 1.94. The van der Waals surface area contributed by atoms with Crippen LogP contribution in [0.1, 0.15) is 18.5 Å². The quantitative estimate of drug-likeness (QED) is 0.684. The van der Waals surface area contributed by atoms with Crippen molar-refractivity contribution in [3.63, 3.8) is 0 Å². The fourth-order valence-electron chi connectivity index (χ4n) is 1.68. The Morgan fingerprint density at radius 1 is 1.24 bits per heavy atom. The summed E-state index contributed by atoms with van der Waals surface area (Å²) in [4.78, 5) is 4.45. The topological polar surface area (TPSA) is 58.5 Å². The summed E-state index contributed by atoms with van der Waals surface area (Å²) in [6, 6.07) is 12.9. The average molecular weight is 340 g/mol. The normalized spacial score (nSPS) is 13.9. The predicted octanol–water partition coefficient (Wildman–Crippen LogP) is 3.51. The molecule has 4 nitrogen and oxygen atoms in total. The smallest absolute Gasteiger partial charge is 0.257 e. The van der Waals surface area contributed by atoms with E-state index in [0.29, 0.717) is 5.17 Å². The van der Waals surface area contributed by atoms with E-state index in [4.69, 9.17) is 0 Å². The molecule has 112 valence electrons. The largest absolute Gasteiger partial charge is 0.272 e. The molecule has 1 aromatic heterocycles. The van der Waals surface area contributed by atoms with Gasteiger partial charge in [0.25, 0.3) is 10.0 Å². The maximum atomic E-state index is 12.2. The van der Waals surface area contributed by atoms with Gasteiger partial charge in [0, 0.05) is 0 Å². The summed E-state index contributed by atoms with van der Waals surface area (Å²) in [5, 5.41) is 2.12. The Morgan fingerprint density at radius 2 is 1.95 bits per heavy atom. The Hall–Kier alpha value is -1.31. The van der Waals surface area contributed by atoms with Crippen LogP contribution >= 0.6 is 23.1 Å². The summed E-state index contributed by atoms with van der Waals surface area (Å²) in [5.41, 5.74) is 1.04. The second-order valence-corrected chi connectivity index (χ2v) is 7.91. The van der Waals surface area contributed by atoms with Crippen LogP contribution in [0.5, 0.6) is 0 Å². The molecule has 0 aliphatic heterocycles. The summed E-state index contributed by atoms with van der Waals surface area (Å²) in [5.74, 6) is 0. The van der Waals surface area contributed by atoms with Crippen LogP contribution < -0.4 is 4.72 Å². The third-order valence-corrected chi connectivity index (χ3v) is 6.23. The molecule has 7 heteroatoms. The van der Waals surface area contributed by atoms with Gasteiger partial charge in [-0.05, 0) is 30.2 Å². The maximum Gasteiger partial charge on any atom is 0.272 e. The highest BCUT2D eigenvalue weighted by molar-refractivity contribution is 8.14. The molecular formula is C14H16N2O2S3. The standard InChI is InChI=1S/C14H16N2O2S3/c1-11(12-7-4-3-5-8-12)15-14(19-2)16-21(17,18)13-9-6-10-20-13/h3-11H,1-2H3,(H,15,16)/t11-/m1/s1. The Kier molecular flexibility index (Phi) is 5.44. The number of amidine groups is 1. The van der Waals surface area contributed by atoms with Crippen LogP contribution in [0, 0.1) is 0 Å². The van der Waals surface area contributed by atoms with Gasteiger partial charge in [0.2, 0.25) is 0 Å². The molecule has 0 radical (unpaired) electrons. The van der Waals surface area contributed by atoms with Crippen molar-refractivity contribution in [2.24, 2.45) is 4.99 Å². The highest BCUT2D eigenvalue weighted by atomic mass is 32.2. The van der Waals surface area contributed by atoms with Crippen molar-refractivity contribution in [1.82, 2.24) is 4.72 Å². The lowest BCUT2D eigenvalue weighted by Gasteiger charge is -2.11. The van der Waals surface area contributed by atoms with Gasteiger partial charge in [0.1, 0.15) is 4.21 Å². The van der Waals surface area contributed by atoms with Gasteiger partial charge in [-0.2, -0.15) is 0 Å². The molecule has 1 heterocycles. The van der Waals surface area contributed by atoms with Crippen LogP contribution in [0.25, 0.3) is 0 Å². The van der Waals surface area contributed by atoms with Crippen LogP contribution in [0.3, 0.4) is 0 Å². The molecule has 0 amide bonds. The zero-order chi connectivity index (χ0) is 15.3. The van der Waals surface area contributed by atoms with Gasteiger partial charge < -0.3 is 0 Å². The van der Waals surface area contributed by atoms with E-state index in [9.17, 15) is 8.42 Å². The molecule has 0 aliphatic carbocycles. The molecule has 0 unspecified atom stereocenters. The van der Waals surface area contributed by atoms with Gasteiger partial charge in [0.05, 0.1) is 6.04 Å². The van der Waals surface area contributed by atoms with Crippen molar-refractivity contribution in [1.29, 1.82) is 0 Å². The van der Waals surface area contributed by atoms with Gasteiger partial charge in [-0.3, -0.25) is 9.71 Å². The lowest BCUT2D eigenvalue weighted by atomic mass is 10.1. The fraction of sp³-hybridized carbons (Fsp3) is 0.214. The molecule has 0 fully saturated rings. The van der Waals surface area contributed by atoms with E-state index in [0.717, 1.165) is 5.56 Å². The van der Waals surface area contributed by atoms with Crippen LogP contribution in [0.2, 0.25) is 0 Å². The van der Waals surface area contributed by atoms with Gasteiger partial charge in [-0.1, -0.05) is 48.2 Å². The Morgan fingerprint density at radius 3 is 2.52 bits per heavy atom. The first kappa shape index (κ1) is 16.1. The minimum atomic E-state index is -3.54. The van der Waals surface area contributed by atoms with E-state index in [1.165, 1.54) is 23.1 Å². The van der Waals surface area contributed by atoms with E-state index in [-0.39, 0.29) is 10.3 Å². The van der Waals surface area contributed by atoms with Gasteiger partial charge >= 0.3 is 0 Å². The number of benzene rings is 1. The van der Waals surface area contributed by atoms with Gasteiger partial charge in [0.15, 0.2) is 5.17 Å². The molecule has 2 aromatic rings. The van der Waals surface area contributed by atoms with Crippen molar-refractivity contribution in [2.75, 3.05) is 6.26 Å². The summed E-state index contributed by atoms with van der Waals surface area (Å²) in [6.07, 6.45) is 1.80. The maximum absolute atomic E-state index is 12.2. The van der Waals surface area contributed by atoms with Crippen LogP contribution in [0.4, 0.5) is 0 Å². The molecule has 21 heavy (non-hydrogen) atoms.